The molecule has 0 spiro atoms. The first kappa shape index (κ1) is 12.3. The number of fused-ring (bicyclic) bond motifs is 2. The van der Waals surface area contributed by atoms with Gasteiger partial charge < -0.3 is 10.0 Å². The van der Waals surface area contributed by atoms with E-state index in [1.807, 2.05) is 6.92 Å². The number of aromatic nitrogens is 1. The van der Waals surface area contributed by atoms with Crippen LogP contribution in [0.25, 0.3) is 0 Å². The molecule has 2 saturated heterocycles. The van der Waals surface area contributed by atoms with Crippen molar-refractivity contribution >= 4 is 11.5 Å². The van der Waals surface area contributed by atoms with E-state index in [0.29, 0.717) is 18.7 Å². The number of hydrogen-bond acceptors (Lipinski definition) is 5. The van der Waals surface area contributed by atoms with Crippen LogP contribution in [0.1, 0.15) is 31.4 Å². The summed E-state index contributed by atoms with van der Waals surface area (Å²) >= 11 is 0. The standard InChI is InChI=1S/C13H17N3O3/c1-8-2-5-12(16(18)19)13(14-8)15-9-3-4-10(15)7-11(17)6-9/h2,5,9-11,17H,3-4,6-7H2,1H3. The van der Waals surface area contributed by atoms with Crippen LogP contribution in [0.15, 0.2) is 12.1 Å². The van der Waals surface area contributed by atoms with Crippen molar-refractivity contribution in [2.24, 2.45) is 0 Å². The predicted octanol–water partition coefficient (Wildman–Crippen LogP) is 1.79. The highest BCUT2D eigenvalue weighted by atomic mass is 16.6. The minimum Gasteiger partial charge on any atom is -0.393 e. The molecule has 2 aliphatic rings. The maximum atomic E-state index is 11.2. The van der Waals surface area contributed by atoms with Gasteiger partial charge in [0.2, 0.25) is 5.82 Å². The lowest BCUT2D eigenvalue weighted by Crippen LogP contribution is -2.45. The summed E-state index contributed by atoms with van der Waals surface area (Å²) in [6.45, 7) is 1.84. The Labute approximate surface area is 111 Å². The highest BCUT2D eigenvalue weighted by Crippen LogP contribution is 2.41. The molecule has 2 aliphatic heterocycles. The SMILES string of the molecule is Cc1ccc([N+](=O)[O-])c(N2C3CCC2CC(O)C3)n1. The van der Waals surface area contributed by atoms with Gasteiger partial charge in [-0.25, -0.2) is 4.98 Å². The van der Waals surface area contributed by atoms with Gasteiger partial charge >= 0.3 is 5.69 Å². The van der Waals surface area contributed by atoms with Crippen LogP contribution in [0.3, 0.4) is 0 Å². The van der Waals surface area contributed by atoms with Gasteiger partial charge in [0.1, 0.15) is 0 Å². The maximum Gasteiger partial charge on any atom is 0.311 e. The first-order valence-electron chi connectivity index (χ1n) is 6.64. The molecular weight excluding hydrogens is 246 g/mol. The number of piperidine rings is 1. The van der Waals surface area contributed by atoms with Crippen molar-refractivity contribution in [1.82, 2.24) is 4.98 Å². The van der Waals surface area contributed by atoms with Crippen LogP contribution in [0.4, 0.5) is 11.5 Å². The quantitative estimate of drug-likeness (QED) is 0.650. The van der Waals surface area contributed by atoms with Crippen molar-refractivity contribution in [3.05, 3.63) is 27.9 Å². The lowest BCUT2D eigenvalue weighted by atomic mass is 9.99. The molecule has 0 aliphatic carbocycles. The Hall–Kier alpha value is -1.69. The molecule has 3 heterocycles. The van der Waals surface area contributed by atoms with E-state index in [2.05, 4.69) is 9.88 Å². The van der Waals surface area contributed by atoms with E-state index >= 15 is 0 Å². The van der Waals surface area contributed by atoms with E-state index in [-0.39, 0.29) is 28.8 Å². The average Bonchev–Trinajstić information content (AvgIpc) is 2.61. The van der Waals surface area contributed by atoms with E-state index in [1.54, 1.807) is 6.07 Å². The fourth-order valence-electron chi connectivity index (χ4n) is 3.36. The molecule has 1 aromatic heterocycles. The van der Waals surface area contributed by atoms with E-state index in [0.717, 1.165) is 18.5 Å². The van der Waals surface area contributed by atoms with Crippen LogP contribution in [0.2, 0.25) is 0 Å². The van der Waals surface area contributed by atoms with Gasteiger partial charge in [-0.15, -0.1) is 0 Å². The average molecular weight is 263 g/mol. The molecule has 0 amide bonds. The highest BCUT2D eigenvalue weighted by molar-refractivity contribution is 5.60. The minimum absolute atomic E-state index is 0.0684. The molecule has 19 heavy (non-hydrogen) atoms. The number of aryl methyl sites for hydroxylation is 1. The van der Waals surface area contributed by atoms with Crippen LogP contribution < -0.4 is 4.90 Å². The van der Waals surface area contributed by atoms with Crippen LogP contribution in [-0.2, 0) is 0 Å². The summed E-state index contributed by atoms with van der Waals surface area (Å²) in [4.78, 5) is 17.2. The molecule has 102 valence electrons. The molecule has 0 aromatic carbocycles. The van der Waals surface area contributed by atoms with Gasteiger partial charge in [-0.3, -0.25) is 10.1 Å². The molecule has 0 radical (unpaired) electrons. The summed E-state index contributed by atoms with van der Waals surface area (Å²) in [6, 6.07) is 3.56. The number of nitrogens with zero attached hydrogens (tertiary/aromatic N) is 3. The van der Waals surface area contributed by atoms with Gasteiger partial charge in [0.05, 0.1) is 11.0 Å². The molecule has 3 rings (SSSR count). The Balaban J connectivity index is 2.03. The van der Waals surface area contributed by atoms with Gasteiger partial charge in [-0.1, -0.05) is 0 Å². The smallest absolute Gasteiger partial charge is 0.311 e. The Morgan fingerprint density at radius 2 is 2.00 bits per heavy atom. The lowest BCUT2D eigenvalue weighted by Gasteiger charge is -2.37. The summed E-state index contributed by atoms with van der Waals surface area (Å²) in [7, 11) is 0. The van der Waals surface area contributed by atoms with Crippen molar-refractivity contribution in [2.45, 2.75) is 50.8 Å². The molecule has 0 saturated carbocycles. The molecule has 6 heteroatoms. The molecular formula is C13H17N3O3. The molecule has 6 nitrogen and oxygen atoms in total. The predicted molar refractivity (Wildman–Crippen MR) is 70.2 cm³/mol. The molecule has 2 unspecified atom stereocenters. The molecule has 2 bridgehead atoms. The second-order valence-electron chi connectivity index (χ2n) is 5.47. The van der Waals surface area contributed by atoms with Gasteiger partial charge in [-0.2, -0.15) is 0 Å². The first-order chi connectivity index (χ1) is 9.06. The first-order valence-corrected chi connectivity index (χ1v) is 6.64. The van der Waals surface area contributed by atoms with Gasteiger partial charge in [0.25, 0.3) is 0 Å². The number of anilines is 1. The lowest BCUT2D eigenvalue weighted by molar-refractivity contribution is -0.384. The number of hydrogen-bond donors (Lipinski definition) is 1. The zero-order chi connectivity index (χ0) is 13.6. The zero-order valence-electron chi connectivity index (χ0n) is 10.8. The third kappa shape index (κ3) is 2.06. The zero-order valence-corrected chi connectivity index (χ0v) is 10.8. The molecule has 2 fully saturated rings. The molecule has 2 atom stereocenters. The summed E-state index contributed by atoms with van der Waals surface area (Å²) in [6.07, 6.45) is 3.05. The van der Waals surface area contributed by atoms with Crippen LogP contribution >= 0.6 is 0 Å². The number of rotatable bonds is 2. The van der Waals surface area contributed by atoms with Crippen molar-refractivity contribution in [3.8, 4) is 0 Å². The number of pyridine rings is 1. The summed E-state index contributed by atoms with van der Waals surface area (Å²) in [5.74, 6) is 0.476. The Morgan fingerprint density at radius 3 is 2.58 bits per heavy atom. The highest BCUT2D eigenvalue weighted by Gasteiger charge is 2.43. The Morgan fingerprint density at radius 1 is 1.37 bits per heavy atom. The van der Waals surface area contributed by atoms with Gasteiger partial charge in [0, 0.05) is 23.8 Å². The van der Waals surface area contributed by atoms with E-state index in [4.69, 9.17) is 0 Å². The van der Waals surface area contributed by atoms with E-state index < -0.39 is 0 Å². The van der Waals surface area contributed by atoms with Crippen molar-refractivity contribution < 1.29 is 10.0 Å². The summed E-state index contributed by atoms with van der Waals surface area (Å²) in [5.41, 5.74) is 0.852. The van der Waals surface area contributed by atoms with Crippen molar-refractivity contribution in [2.75, 3.05) is 4.90 Å². The van der Waals surface area contributed by atoms with E-state index in [9.17, 15) is 15.2 Å². The number of aliphatic hydroxyl groups excluding tert-OH is 1. The van der Waals surface area contributed by atoms with Crippen LogP contribution in [0, 0.1) is 17.0 Å². The summed E-state index contributed by atoms with van der Waals surface area (Å²) < 4.78 is 0. The normalized spacial score (nSPS) is 29.6. The number of aliphatic hydroxyl groups is 1. The fourth-order valence-corrected chi connectivity index (χ4v) is 3.36. The third-order valence-electron chi connectivity index (χ3n) is 4.14. The second kappa shape index (κ2) is 4.45. The van der Waals surface area contributed by atoms with Crippen LogP contribution in [-0.4, -0.2) is 33.2 Å². The topological polar surface area (TPSA) is 79.5 Å². The largest absolute Gasteiger partial charge is 0.393 e. The van der Waals surface area contributed by atoms with Crippen molar-refractivity contribution in [1.29, 1.82) is 0 Å². The maximum absolute atomic E-state index is 11.2. The third-order valence-corrected chi connectivity index (χ3v) is 4.14. The Kier molecular flexibility index (Phi) is 2.89. The monoisotopic (exact) mass is 263 g/mol. The minimum atomic E-state index is -0.369. The van der Waals surface area contributed by atoms with E-state index in [1.165, 1.54) is 6.07 Å². The molecule has 1 aromatic rings. The van der Waals surface area contributed by atoms with Crippen LogP contribution in [0.5, 0.6) is 0 Å². The second-order valence-corrected chi connectivity index (χ2v) is 5.47. The molecule has 1 N–H and O–H groups in total. The Bertz CT molecular complexity index is 506. The van der Waals surface area contributed by atoms with Gasteiger partial charge in [-0.05, 0) is 38.7 Å². The summed E-state index contributed by atoms with van der Waals surface area (Å²) in [5, 5.41) is 21.0. The fraction of sp³-hybridized carbons (Fsp3) is 0.615. The van der Waals surface area contributed by atoms with Gasteiger partial charge in [0.15, 0.2) is 0 Å². The van der Waals surface area contributed by atoms with Crippen molar-refractivity contribution in [3.63, 3.8) is 0 Å². The number of nitro groups is 1.